The molecule has 1 heterocycles. The molecule has 15 heavy (non-hydrogen) atoms. The first kappa shape index (κ1) is 10.7. The molecule has 0 radical (unpaired) electrons. The van der Waals surface area contributed by atoms with Crippen molar-refractivity contribution in [1.82, 2.24) is 9.97 Å². The van der Waals surface area contributed by atoms with E-state index in [1.165, 1.54) is 6.42 Å². The SMILES string of the molecule is CCc1c(Cl)nc(C)nc1NC1CC1C. The third-order valence-corrected chi connectivity index (χ3v) is 3.17. The van der Waals surface area contributed by atoms with E-state index >= 15 is 0 Å². The fourth-order valence-electron chi connectivity index (χ4n) is 1.69. The van der Waals surface area contributed by atoms with Crippen LogP contribution in [0.1, 0.15) is 31.7 Å². The van der Waals surface area contributed by atoms with E-state index in [1.54, 1.807) is 0 Å². The van der Waals surface area contributed by atoms with Gasteiger partial charge in [-0.25, -0.2) is 9.97 Å². The van der Waals surface area contributed by atoms with Crippen molar-refractivity contribution in [2.45, 2.75) is 39.7 Å². The number of halogens is 1. The summed E-state index contributed by atoms with van der Waals surface area (Å²) in [6, 6.07) is 0.570. The number of anilines is 1. The van der Waals surface area contributed by atoms with Gasteiger partial charge in [-0.1, -0.05) is 25.4 Å². The van der Waals surface area contributed by atoms with Crippen LogP contribution in [0, 0.1) is 12.8 Å². The average Bonchev–Trinajstić information content (AvgIpc) is 2.81. The van der Waals surface area contributed by atoms with Crippen LogP contribution in [0.2, 0.25) is 5.15 Å². The summed E-state index contributed by atoms with van der Waals surface area (Å²) < 4.78 is 0. The third kappa shape index (κ3) is 2.23. The topological polar surface area (TPSA) is 37.8 Å². The molecule has 3 nitrogen and oxygen atoms in total. The van der Waals surface area contributed by atoms with Crippen molar-refractivity contribution < 1.29 is 0 Å². The molecular formula is C11H16ClN3. The van der Waals surface area contributed by atoms with Crippen LogP contribution in [0.3, 0.4) is 0 Å². The molecule has 2 rings (SSSR count). The number of rotatable bonds is 3. The fraction of sp³-hybridized carbons (Fsp3) is 0.636. The van der Waals surface area contributed by atoms with Crippen molar-refractivity contribution in [3.05, 3.63) is 16.5 Å². The molecule has 4 heteroatoms. The fourth-order valence-corrected chi connectivity index (χ4v) is 2.04. The van der Waals surface area contributed by atoms with Crippen molar-refractivity contribution >= 4 is 17.4 Å². The number of aryl methyl sites for hydroxylation is 1. The first-order valence-corrected chi connectivity index (χ1v) is 5.79. The first-order valence-electron chi connectivity index (χ1n) is 5.41. The van der Waals surface area contributed by atoms with Gasteiger partial charge in [0.15, 0.2) is 0 Å². The van der Waals surface area contributed by atoms with E-state index in [4.69, 9.17) is 11.6 Å². The minimum atomic E-state index is 0.570. The highest BCUT2D eigenvalue weighted by Crippen LogP contribution is 2.34. The Bertz CT molecular complexity index is 378. The van der Waals surface area contributed by atoms with Crippen molar-refractivity contribution in [2.24, 2.45) is 5.92 Å². The molecule has 1 aromatic rings. The normalized spacial score (nSPS) is 24.0. The standard InChI is InChI=1S/C11H16ClN3/c1-4-8-10(12)13-7(3)14-11(8)15-9-5-6(9)2/h6,9H,4-5H2,1-3H3,(H,13,14,15). The molecule has 82 valence electrons. The second-order valence-electron chi connectivity index (χ2n) is 4.21. The summed E-state index contributed by atoms with van der Waals surface area (Å²) >= 11 is 6.08. The molecule has 1 fully saturated rings. The summed E-state index contributed by atoms with van der Waals surface area (Å²) in [5.41, 5.74) is 1.03. The average molecular weight is 226 g/mol. The molecule has 1 aromatic heterocycles. The molecule has 0 amide bonds. The van der Waals surface area contributed by atoms with Crippen LogP contribution >= 0.6 is 11.6 Å². The lowest BCUT2D eigenvalue weighted by atomic mass is 10.2. The summed E-state index contributed by atoms with van der Waals surface area (Å²) in [5.74, 6) is 2.40. The lowest BCUT2D eigenvalue weighted by molar-refractivity contribution is 0.906. The van der Waals surface area contributed by atoms with E-state index in [0.29, 0.717) is 11.2 Å². The molecule has 0 aromatic carbocycles. The zero-order valence-electron chi connectivity index (χ0n) is 9.34. The number of hydrogen-bond donors (Lipinski definition) is 1. The number of nitrogens with zero attached hydrogens (tertiary/aromatic N) is 2. The van der Waals surface area contributed by atoms with E-state index in [2.05, 4.69) is 29.1 Å². The largest absolute Gasteiger partial charge is 0.367 e. The van der Waals surface area contributed by atoms with Crippen LogP contribution in [0.4, 0.5) is 5.82 Å². The molecule has 0 aliphatic heterocycles. The molecule has 1 aliphatic rings. The van der Waals surface area contributed by atoms with Gasteiger partial charge < -0.3 is 5.32 Å². The monoisotopic (exact) mass is 225 g/mol. The quantitative estimate of drug-likeness (QED) is 0.804. The summed E-state index contributed by atoms with van der Waals surface area (Å²) in [6.07, 6.45) is 2.09. The molecule has 2 unspecified atom stereocenters. The highest BCUT2D eigenvalue weighted by atomic mass is 35.5. The maximum absolute atomic E-state index is 6.08. The van der Waals surface area contributed by atoms with Crippen molar-refractivity contribution in [2.75, 3.05) is 5.32 Å². The van der Waals surface area contributed by atoms with Gasteiger partial charge in [0.2, 0.25) is 0 Å². The van der Waals surface area contributed by atoms with E-state index in [1.807, 2.05) is 6.92 Å². The van der Waals surface area contributed by atoms with Crippen LogP contribution in [-0.2, 0) is 6.42 Å². The molecule has 0 bridgehead atoms. The van der Waals surface area contributed by atoms with Crippen molar-refractivity contribution in [3.63, 3.8) is 0 Å². The Labute approximate surface area is 95.3 Å². The maximum Gasteiger partial charge on any atom is 0.138 e. The van der Waals surface area contributed by atoms with Gasteiger partial charge in [-0.05, 0) is 25.7 Å². The zero-order valence-corrected chi connectivity index (χ0v) is 10.1. The maximum atomic E-state index is 6.08. The summed E-state index contributed by atoms with van der Waals surface area (Å²) in [6.45, 7) is 6.17. The Morgan fingerprint density at radius 1 is 1.47 bits per heavy atom. The van der Waals surface area contributed by atoms with E-state index < -0.39 is 0 Å². The minimum absolute atomic E-state index is 0.570. The molecule has 2 atom stereocenters. The third-order valence-electron chi connectivity index (χ3n) is 2.85. The highest BCUT2D eigenvalue weighted by Gasteiger charge is 2.33. The molecular weight excluding hydrogens is 210 g/mol. The molecule has 0 spiro atoms. The van der Waals surface area contributed by atoms with Gasteiger partial charge >= 0.3 is 0 Å². The van der Waals surface area contributed by atoms with E-state index in [-0.39, 0.29) is 0 Å². The van der Waals surface area contributed by atoms with Crippen molar-refractivity contribution in [3.8, 4) is 0 Å². The Hall–Kier alpha value is -0.830. The van der Waals surface area contributed by atoms with Crippen LogP contribution in [0.15, 0.2) is 0 Å². The van der Waals surface area contributed by atoms with E-state index in [0.717, 1.165) is 29.5 Å². The molecule has 1 aliphatic carbocycles. The predicted molar refractivity (Wildman–Crippen MR) is 62.3 cm³/mol. The smallest absolute Gasteiger partial charge is 0.138 e. The number of aromatic nitrogens is 2. The molecule has 0 saturated heterocycles. The van der Waals surface area contributed by atoms with Gasteiger partial charge in [0.25, 0.3) is 0 Å². The van der Waals surface area contributed by atoms with Gasteiger partial charge in [0, 0.05) is 11.6 Å². The van der Waals surface area contributed by atoms with Crippen LogP contribution in [-0.4, -0.2) is 16.0 Å². The van der Waals surface area contributed by atoms with Gasteiger partial charge in [-0.3, -0.25) is 0 Å². The zero-order chi connectivity index (χ0) is 11.0. The van der Waals surface area contributed by atoms with Crippen LogP contribution < -0.4 is 5.32 Å². The second kappa shape index (κ2) is 3.97. The lowest BCUT2D eigenvalue weighted by Crippen LogP contribution is -2.10. The van der Waals surface area contributed by atoms with Crippen LogP contribution in [0.5, 0.6) is 0 Å². The Morgan fingerprint density at radius 2 is 2.13 bits per heavy atom. The predicted octanol–water partition coefficient (Wildman–Crippen LogP) is 2.82. The highest BCUT2D eigenvalue weighted by molar-refractivity contribution is 6.30. The summed E-state index contributed by atoms with van der Waals surface area (Å²) in [4.78, 5) is 8.58. The summed E-state index contributed by atoms with van der Waals surface area (Å²) in [5, 5.41) is 4.02. The van der Waals surface area contributed by atoms with Gasteiger partial charge in [0.05, 0.1) is 0 Å². The minimum Gasteiger partial charge on any atom is -0.367 e. The molecule has 1 N–H and O–H groups in total. The second-order valence-corrected chi connectivity index (χ2v) is 4.56. The number of hydrogen-bond acceptors (Lipinski definition) is 3. The Kier molecular flexibility index (Phi) is 2.83. The van der Waals surface area contributed by atoms with E-state index in [9.17, 15) is 0 Å². The Balaban J connectivity index is 2.27. The van der Waals surface area contributed by atoms with Gasteiger partial charge in [-0.2, -0.15) is 0 Å². The first-order chi connectivity index (χ1) is 7.11. The van der Waals surface area contributed by atoms with Crippen molar-refractivity contribution in [1.29, 1.82) is 0 Å². The van der Waals surface area contributed by atoms with Crippen LogP contribution in [0.25, 0.3) is 0 Å². The van der Waals surface area contributed by atoms with Gasteiger partial charge in [0.1, 0.15) is 16.8 Å². The van der Waals surface area contributed by atoms with Gasteiger partial charge in [-0.15, -0.1) is 0 Å². The molecule has 1 saturated carbocycles. The summed E-state index contributed by atoms with van der Waals surface area (Å²) in [7, 11) is 0. The lowest BCUT2D eigenvalue weighted by Gasteiger charge is -2.11. The number of nitrogens with one attached hydrogen (secondary N) is 1. The Morgan fingerprint density at radius 3 is 2.67 bits per heavy atom.